The maximum atomic E-state index is 12.6. The van der Waals surface area contributed by atoms with Gasteiger partial charge in [0.05, 0.1) is 28.6 Å². The lowest BCUT2D eigenvalue weighted by molar-refractivity contribution is -0.384. The van der Waals surface area contributed by atoms with Crippen LogP contribution >= 0.6 is 0 Å². The predicted molar refractivity (Wildman–Crippen MR) is 94.7 cm³/mol. The number of non-ortho nitro benzene ring substituents is 1. The Kier molecular flexibility index (Phi) is 6.30. The maximum absolute atomic E-state index is 12.6. The highest BCUT2D eigenvalue weighted by molar-refractivity contribution is 5.99. The van der Waals surface area contributed by atoms with Gasteiger partial charge < -0.3 is 20.3 Å². The molecular formula is C18H20N2O7. The highest BCUT2D eigenvalue weighted by Gasteiger charge is 2.37. The number of dihydropyridines is 1. The Labute approximate surface area is 155 Å². The summed E-state index contributed by atoms with van der Waals surface area (Å²) in [6, 6.07) is 5.51. The predicted octanol–water partition coefficient (Wildman–Crippen LogP) is 1.84. The normalized spacial score (nSPS) is 16.8. The molecule has 1 atom stereocenters. The molecule has 0 saturated carbocycles. The molecule has 9 nitrogen and oxygen atoms in total. The number of hydrogen-bond acceptors (Lipinski definition) is 7. The molecule has 3 N–H and O–H groups in total. The average Bonchev–Trinajstić information content (AvgIpc) is 2.60. The van der Waals surface area contributed by atoms with Gasteiger partial charge in [-0.3, -0.25) is 10.1 Å². The van der Waals surface area contributed by atoms with Gasteiger partial charge in [0, 0.05) is 36.6 Å². The van der Waals surface area contributed by atoms with E-state index < -0.39 is 22.8 Å². The first-order chi connectivity index (χ1) is 12.8. The molecule has 0 aliphatic carbocycles. The Bertz CT molecular complexity index is 842. The van der Waals surface area contributed by atoms with Gasteiger partial charge in [-0.05, 0) is 19.4 Å². The van der Waals surface area contributed by atoms with Crippen LogP contribution in [0.25, 0.3) is 0 Å². The minimum absolute atomic E-state index is 0.0289. The second kappa shape index (κ2) is 8.45. The van der Waals surface area contributed by atoms with Gasteiger partial charge in [0.2, 0.25) is 0 Å². The molecule has 0 radical (unpaired) electrons. The number of rotatable bonds is 7. The van der Waals surface area contributed by atoms with Gasteiger partial charge in [0.25, 0.3) is 5.69 Å². The van der Waals surface area contributed by atoms with Gasteiger partial charge in [-0.1, -0.05) is 12.1 Å². The largest absolute Gasteiger partial charge is 0.478 e. The van der Waals surface area contributed by atoms with Crippen LogP contribution < -0.4 is 5.32 Å². The molecular weight excluding hydrogens is 356 g/mol. The highest BCUT2D eigenvalue weighted by Crippen LogP contribution is 2.39. The number of hydrogen-bond donors (Lipinski definition) is 3. The van der Waals surface area contributed by atoms with E-state index in [1.54, 1.807) is 13.8 Å². The zero-order valence-corrected chi connectivity index (χ0v) is 14.9. The van der Waals surface area contributed by atoms with E-state index in [9.17, 15) is 24.8 Å². The number of allylic oxidation sites excluding steroid dienone is 2. The van der Waals surface area contributed by atoms with Crippen molar-refractivity contribution >= 4 is 17.6 Å². The number of esters is 1. The number of benzene rings is 1. The first-order valence-electron chi connectivity index (χ1n) is 8.22. The zero-order chi connectivity index (χ0) is 20.1. The lowest BCUT2D eigenvalue weighted by atomic mass is 9.80. The molecule has 9 heteroatoms. The number of carbonyl (C=O) groups is 2. The third-order valence-corrected chi connectivity index (χ3v) is 4.16. The summed E-state index contributed by atoms with van der Waals surface area (Å²) < 4.78 is 5.14. The third-order valence-electron chi connectivity index (χ3n) is 4.16. The number of ether oxygens (including phenoxy) is 1. The lowest BCUT2D eigenvalue weighted by Crippen LogP contribution is -2.32. The molecule has 1 unspecified atom stereocenters. The molecule has 1 heterocycles. The summed E-state index contributed by atoms with van der Waals surface area (Å²) >= 11 is 0. The summed E-state index contributed by atoms with van der Waals surface area (Å²) in [5.74, 6) is -3.01. The van der Waals surface area contributed by atoms with Crippen molar-refractivity contribution in [2.45, 2.75) is 26.2 Å². The van der Waals surface area contributed by atoms with E-state index in [0.717, 1.165) is 0 Å². The van der Waals surface area contributed by atoms with Gasteiger partial charge >= 0.3 is 11.9 Å². The molecule has 144 valence electrons. The second-order valence-electron chi connectivity index (χ2n) is 6.01. The number of carboxylic acid groups (broad SMARTS) is 1. The zero-order valence-electron chi connectivity index (χ0n) is 14.9. The number of aliphatic hydroxyl groups is 1. The Hall–Kier alpha value is -3.20. The topological polar surface area (TPSA) is 139 Å². The van der Waals surface area contributed by atoms with Gasteiger partial charge in [0.15, 0.2) is 0 Å². The van der Waals surface area contributed by atoms with E-state index in [1.165, 1.54) is 24.3 Å². The SMILES string of the molecule is CC1=C(C(=O)O)C(c2cccc([N+](=O)[O-])c2)C(C(=O)OCCCO)=C(C)N1. The summed E-state index contributed by atoms with van der Waals surface area (Å²) in [5, 5.41) is 32.5. The number of nitro benzene ring substituents is 1. The van der Waals surface area contributed by atoms with Crippen molar-refractivity contribution in [1.29, 1.82) is 0 Å². The Morgan fingerprint density at radius 1 is 1.26 bits per heavy atom. The summed E-state index contributed by atoms with van der Waals surface area (Å²) in [4.78, 5) is 35.0. The first kappa shape index (κ1) is 20.1. The lowest BCUT2D eigenvalue weighted by Gasteiger charge is -2.29. The molecule has 0 saturated heterocycles. The van der Waals surface area contributed by atoms with Crippen LogP contribution in [0.1, 0.15) is 31.7 Å². The van der Waals surface area contributed by atoms with Crippen molar-refractivity contribution in [3.8, 4) is 0 Å². The third kappa shape index (κ3) is 4.32. The molecule has 1 aromatic rings. The fourth-order valence-electron chi connectivity index (χ4n) is 3.01. The minimum atomic E-state index is -1.25. The van der Waals surface area contributed by atoms with E-state index in [-0.39, 0.29) is 36.5 Å². The van der Waals surface area contributed by atoms with Crippen molar-refractivity contribution in [2.24, 2.45) is 0 Å². The second-order valence-corrected chi connectivity index (χ2v) is 6.01. The first-order valence-corrected chi connectivity index (χ1v) is 8.22. The maximum Gasteiger partial charge on any atom is 0.336 e. The molecule has 0 fully saturated rings. The fraction of sp³-hybridized carbons (Fsp3) is 0.333. The van der Waals surface area contributed by atoms with E-state index in [1.807, 2.05) is 0 Å². The summed E-state index contributed by atoms with van der Waals surface area (Å²) in [6.07, 6.45) is 0.244. The molecule has 27 heavy (non-hydrogen) atoms. The van der Waals surface area contributed by atoms with Gasteiger partial charge in [-0.2, -0.15) is 0 Å². The number of nitrogens with one attached hydrogen (secondary N) is 1. The van der Waals surface area contributed by atoms with E-state index in [0.29, 0.717) is 17.0 Å². The highest BCUT2D eigenvalue weighted by atomic mass is 16.6. The molecule has 0 aromatic heterocycles. The number of carbonyl (C=O) groups excluding carboxylic acids is 1. The number of nitrogens with zero attached hydrogens (tertiary/aromatic N) is 1. The van der Waals surface area contributed by atoms with Gasteiger partial charge in [-0.15, -0.1) is 0 Å². The van der Waals surface area contributed by atoms with Crippen LogP contribution in [0.15, 0.2) is 46.8 Å². The molecule has 1 aromatic carbocycles. The van der Waals surface area contributed by atoms with Crippen molar-refractivity contribution < 1.29 is 29.5 Å². The quantitative estimate of drug-likeness (QED) is 0.283. The van der Waals surface area contributed by atoms with Crippen LogP contribution in [-0.2, 0) is 14.3 Å². The van der Waals surface area contributed by atoms with Crippen molar-refractivity contribution in [3.63, 3.8) is 0 Å². The van der Waals surface area contributed by atoms with Crippen LogP contribution in [0.2, 0.25) is 0 Å². The summed E-state index contributed by atoms with van der Waals surface area (Å²) in [6.45, 7) is 2.98. The standard InChI is InChI=1S/C18H20N2O7/c1-10-14(17(22)23)16(12-5-3-6-13(9-12)20(25)26)15(11(2)19-10)18(24)27-8-4-7-21/h3,5-6,9,16,19,21H,4,7-8H2,1-2H3,(H,22,23). The van der Waals surface area contributed by atoms with Crippen molar-refractivity contribution in [3.05, 3.63) is 62.5 Å². The number of aliphatic carboxylic acids is 1. The van der Waals surface area contributed by atoms with Crippen LogP contribution in [0.3, 0.4) is 0 Å². The molecule has 0 amide bonds. The van der Waals surface area contributed by atoms with Crippen LogP contribution in [-0.4, -0.2) is 40.3 Å². The molecule has 2 rings (SSSR count). The molecule has 1 aliphatic rings. The van der Waals surface area contributed by atoms with Gasteiger partial charge in [-0.25, -0.2) is 9.59 Å². The Morgan fingerprint density at radius 3 is 2.52 bits per heavy atom. The summed E-state index contributed by atoms with van der Waals surface area (Å²) in [7, 11) is 0. The monoisotopic (exact) mass is 376 g/mol. The van der Waals surface area contributed by atoms with Crippen LogP contribution in [0.5, 0.6) is 0 Å². The average molecular weight is 376 g/mol. The van der Waals surface area contributed by atoms with Crippen LogP contribution in [0, 0.1) is 10.1 Å². The smallest absolute Gasteiger partial charge is 0.336 e. The van der Waals surface area contributed by atoms with Crippen LogP contribution in [0.4, 0.5) is 5.69 Å². The van der Waals surface area contributed by atoms with E-state index >= 15 is 0 Å². The summed E-state index contributed by atoms with van der Waals surface area (Å²) in [5.41, 5.74) is 0.813. The van der Waals surface area contributed by atoms with Gasteiger partial charge in [0.1, 0.15) is 0 Å². The molecule has 0 spiro atoms. The molecule has 1 aliphatic heterocycles. The number of nitro groups is 1. The van der Waals surface area contributed by atoms with E-state index in [2.05, 4.69) is 5.32 Å². The number of carboxylic acids is 1. The van der Waals surface area contributed by atoms with Crippen molar-refractivity contribution in [1.82, 2.24) is 5.32 Å². The number of aliphatic hydroxyl groups excluding tert-OH is 1. The Balaban J connectivity index is 2.57. The van der Waals surface area contributed by atoms with E-state index in [4.69, 9.17) is 9.84 Å². The Morgan fingerprint density at radius 2 is 1.93 bits per heavy atom. The minimum Gasteiger partial charge on any atom is -0.478 e. The fourth-order valence-corrected chi connectivity index (χ4v) is 3.01. The van der Waals surface area contributed by atoms with Crippen molar-refractivity contribution in [2.75, 3.05) is 13.2 Å². The molecule has 0 bridgehead atoms.